The molecule has 2 amide bonds. The second-order valence-electron chi connectivity index (χ2n) is 16.2. The zero-order chi connectivity index (χ0) is 52.2. The number of nitrogens with zero attached hydrogens (tertiary/aromatic N) is 3. The van der Waals surface area contributed by atoms with E-state index in [1.165, 1.54) is 24.3 Å². The molecule has 2 saturated heterocycles. The van der Waals surface area contributed by atoms with Crippen molar-refractivity contribution >= 4 is 102 Å². The molecule has 386 valence electrons. The smallest absolute Gasteiger partial charge is 0.490 e. The molecule has 4 heterocycles. The Morgan fingerprint density at radius 3 is 1.54 bits per heavy atom. The van der Waals surface area contributed by atoms with E-state index in [0.717, 1.165) is 98.4 Å². The van der Waals surface area contributed by atoms with Crippen molar-refractivity contribution in [3.8, 4) is 11.5 Å². The lowest BCUT2D eigenvalue weighted by Crippen LogP contribution is -2.45. The number of carbonyl (C=O) groups is 3. The monoisotopic (exact) mass is 1140 g/mol. The predicted octanol–water partition coefficient (Wildman–Crippen LogP) is 12.0. The summed E-state index contributed by atoms with van der Waals surface area (Å²) >= 11 is 26.4. The van der Waals surface area contributed by atoms with Crippen LogP contribution in [0.3, 0.4) is 0 Å². The highest BCUT2D eigenvalue weighted by molar-refractivity contribution is 9.09. The fourth-order valence-corrected chi connectivity index (χ4v) is 7.91. The van der Waals surface area contributed by atoms with Gasteiger partial charge in [0.05, 0.1) is 34.3 Å². The highest BCUT2D eigenvalue weighted by Crippen LogP contribution is 2.23. The number of rotatable bonds is 13. The summed E-state index contributed by atoms with van der Waals surface area (Å²) in [6, 6.07) is 27.4. The third-order valence-electron chi connectivity index (χ3n) is 10.8. The van der Waals surface area contributed by atoms with Crippen molar-refractivity contribution in [1.82, 2.24) is 30.8 Å². The number of pyridine rings is 2. The third kappa shape index (κ3) is 19.4. The Kier molecular flexibility index (Phi) is 23.3. The number of hydrogen-bond acceptors (Lipinski definition) is 9. The first kappa shape index (κ1) is 57.8. The fraction of sp³-hybridized carbons (Fsp3) is 0.340. The Labute approximate surface area is 441 Å². The lowest BCUT2D eigenvalue weighted by molar-refractivity contribution is -0.192. The van der Waals surface area contributed by atoms with Gasteiger partial charge in [-0.25, -0.2) is 23.5 Å². The van der Waals surface area contributed by atoms with Crippen LogP contribution in [0.4, 0.5) is 22.0 Å². The number of benzene rings is 4. The molecule has 6 aromatic rings. The van der Waals surface area contributed by atoms with Crippen LogP contribution >= 0.6 is 62.3 Å². The number of carbonyl (C=O) groups excluding carboxylic acids is 2. The number of alkyl halides is 4. The van der Waals surface area contributed by atoms with Gasteiger partial charge in [-0.1, -0.05) is 74.5 Å². The summed E-state index contributed by atoms with van der Waals surface area (Å²) in [6.45, 7) is 5.70. The molecule has 72 heavy (non-hydrogen) atoms. The standard InChI is InChI=1S/C24H24Cl2FN3O2.C15H16ClN3O.C9H9BrClFO.C2HF3O2/c25-17-3-7-22-16(14-17)2-6-23(29-22)24(31)28-18-8-11-30(12-9-18)10-1-13-32-19-4-5-20(26)21(27)15-19;16-11-2-4-13-10(9-11)1-3-14(19-13)15(20)18-12-5-7-17-8-6-12;10-4-1-5-13-7-2-3-8(11)9(12)6-7;3-2(4,5)1(6)7/h2-7,14-15,18H,1,8-13H2,(H,28,31);1-4,9,12,17H,5-8H2,(H,18,20);2-3,6H,1,4-5H2;(H,6,7). The van der Waals surface area contributed by atoms with Gasteiger partial charge in [-0.2, -0.15) is 13.2 Å². The Bertz CT molecular complexity index is 2750. The van der Waals surface area contributed by atoms with Gasteiger partial charge >= 0.3 is 12.1 Å². The Morgan fingerprint density at radius 1 is 0.667 bits per heavy atom. The summed E-state index contributed by atoms with van der Waals surface area (Å²) in [7, 11) is 0. The van der Waals surface area contributed by atoms with Crippen molar-refractivity contribution in [1.29, 1.82) is 0 Å². The van der Waals surface area contributed by atoms with Crippen LogP contribution in [0.5, 0.6) is 11.5 Å². The molecule has 4 aromatic carbocycles. The summed E-state index contributed by atoms with van der Waals surface area (Å²) < 4.78 is 68.9. The van der Waals surface area contributed by atoms with Crippen molar-refractivity contribution in [3.05, 3.63) is 140 Å². The number of piperidine rings is 2. The predicted molar refractivity (Wildman–Crippen MR) is 274 cm³/mol. The van der Waals surface area contributed by atoms with E-state index in [1.54, 1.807) is 36.4 Å². The molecule has 2 aliphatic rings. The summed E-state index contributed by atoms with van der Waals surface area (Å²) in [5, 5.41) is 20.8. The number of ether oxygens (including phenoxy) is 2. The Morgan fingerprint density at radius 2 is 1.11 bits per heavy atom. The number of halogens is 10. The summed E-state index contributed by atoms with van der Waals surface area (Å²) in [5.74, 6) is -2.93. The van der Waals surface area contributed by atoms with Crippen molar-refractivity contribution in [2.45, 2.75) is 56.8 Å². The van der Waals surface area contributed by atoms with E-state index in [4.69, 9.17) is 65.8 Å². The highest BCUT2D eigenvalue weighted by atomic mass is 79.9. The molecule has 2 aromatic heterocycles. The molecule has 0 bridgehead atoms. The van der Waals surface area contributed by atoms with E-state index in [-0.39, 0.29) is 33.9 Å². The van der Waals surface area contributed by atoms with Gasteiger partial charge in [0, 0.05) is 70.0 Å². The van der Waals surface area contributed by atoms with E-state index >= 15 is 0 Å². The number of hydrogen-bond donors (Lipinski definition) is 4. The minimum absolute atomic E-state index is 0.0913. The minimum Gasteiger partial charge on any atom is -0.493 e. The van der Waals surface area contributed by atoms with Crippen LogP contribution in [0.2, 0.25) is 20.1 Å². The molecule has 0 aliphatic carbocycles. The number of carboxylic acid groups (broad SMARTS) is 1. The maximum atomic E-state index is 13.4. The van der Waals surface area contributed by atoms with Crippen LogP contribution in [-0.4, -0.2) is 107 Å². The number of carboxylic acids is 1. The molecule has 0 unspecified atom stereocenters. The number of aliphatic carboxylic acids is 1. The molecule has 2 fully saturated rings. The maximum absolute atomic E-state index is 13.4. The number of fused-ring (bicyclic) bond motifs is 2. The van der Waals surface area contributed by atoms with Gasteiger partial charge in [0.1, 0.15) is 34.5 Å². The molecule has 2 aliphatic heterocycles. The lowest BCUT2D eigenvalue weighted by atomic mass is 10.0. The molecule has 0 atom stereocenters. The van der Waals surface area contributed by atoms with Crippen molar-refractivity contribution in [3.63, 3.8) is 0 Å². The molecular weight excluding hydrogens is 1100 g/mol. The van der Waals surface area contributed by atoms with Crippen LogP contribution in [0, 0.1) is 11.6 Å². The van der Waals surface area contributed by atoms with Crippen molar-refractivity contribution in [2.75, 3.05) is 51.3 Å². The molecule has 0 radical (unpaired) electrons. The van der Waals surface area contributed by atoms with Gasteiger partial charge in [-0.15, -0.1) is 0 Å². The van der Waals surface area contributed by atoms with Gasteiger partial charge in [-0.3, -0.25) is 9.59 Å². The summed E-state index contributed by atoms with van der Waals surface area (Å²) in [5.41, 5.74) is 2.41. The van der Waals surface area contributed by atoms with Crippen LogP contribution in [0.25, 0.3) is 21.8 Å². The SMILES string of the molecule is Fc1cc(OCCCBr)ccc1Cl.O=C(NC1CCN(CCCOc2ccc(Cl)c(F)c2)CC1)c1ccc2cc(Cl)ccc2n1.O=C(NC1CCNCC1)c1ccc2cc(Cl)ccc2n1.O=C(O)C(F)(F)F. The quantitative estimate of drug-likeness (QED) is 0.0499. The Hall–Kier alpha value is -5.08. The lowest BCUT2D eigenvalue weighted by Gasteiger charge is -2.32. The average molecular weight is 1150 g/mol. The largest absolute Gasteiger partial charge is 0.493 e. The van der Waals surface area contributed by atoms with Gasteiger partial charge in [0.2, 0.25) is 0 Å². The summed E-state index contributed by atoms with van der Waals surface area (Å²) in [6.07, 6.45) is 0.358. The van der Waals surface area contributed by atoms with Gasteiger partial charge in [0.25, 0.3) is 11.8 Å². The first-order chi connectivity index (χ1) is 34.4. The summed E-state index contributed by atoms with van der Waals surface area (Å²) in [4.78, 5) is 44.9. The number of amides is 2. The molecule has 8 rings (SSSR count). The molecule has 0 saturated carbocycles. The van der Waals surface area contributed by atoms with Gasteiger partial charge in [-0.05, 0) is 124 Å². The molecule has 22 heteroatoms. The maximum Gasteiger partial charge on any atom is 0.490 e. The zero-order valence-electron chi connectivity index (χ0n) is 38.4. The minimum atomic E-state index is -5.08. The van der Waals surface area contributed by atoms with E-state index < -0.39 is 23.8 Å². The Balaban J connectivity index is 0.000000204. The third-order valence-corrected chi connectivity index (χ3v) is 12.5. The normalized spacial score (nSPS) is 14.1. The first-order valence-corrected chi connectivity index (χ1v) is 25.2. The fourth-order valence-electron chi connectivity index (χ4n) is 7.09. The van der Waals surface area contributed by atoms with Crippen LogP contribution in [0.1, 0.15) is 59.5 Å². The average Bonchev–Trinajstić information content (AvgIpc) is 3.36. The van der Waals surface area contributed by atoms with Crippen molar-refractivity contribution < 1.29 is 50.9 Å². The van der Waals surface area contributed by atoms with Gasteiger partial charge in [0.15, 0.2) is 0 Å². The first-order valence-electron chi connectivity index (χ1n) is 22.6. The molecule has 12 nitrogen and oxygen atoms in total. The van der Waals surface area contributed by atoms with Crippen molar-refractivity contribution in [2.24, 2.45) is 0 Å². The number of likely N-dealkylation sites (tertiary alicyclic amines) is 1. The zero-order valence-corrected chi connectivity index (χ0v) is 43.0. The second-order valence-corrected chi connectivity index (χ2v) is 18.7. The van der Waals surface area contributed by atoms with E-state index in [0.29, 0.717) is 46.1 Å². The highest BCUT2D eigenvalue weighted by Gasteiger charge is 2.38. The van der Waals surface area contributed by atoms with Crippen LogP contribution in [-0.2, 0) is 4.79 Å². The topological polar surface area (TPSA) is 155 Å². The molecule has 4 N–H and O–H groups in total. The molecular formula is C50H50BrCl4F5N6O6. The van der Waals surface area contributed by atoms with Crippen LogP contribution in [0.15, 0.2) is 97.1 Å². The molecule has 0 spiro atoms. The van der Waals surface area contributed by atoms with E-state index in [1.807, 2.05) is 36.4 Å². The van der Waals surface area contributed by atoms with Gasteiger partial charge < -0.3 is 35.4 Å². The van der Waals surface area contributed by atoms with Crippen LogP contribution < -0.4 is 25.4 Å². The van der Waals surface area contributed by atoms with E-state index in [9.17, 15) is 31.5 Å². The number of aromatic nitrogens is 2. The van der Waals surface area contributed by atoms with E-state index in [2.05, 4.69) is 46.7 Å². The second kappa shape index (κ2) is 29.0. The number of nitrogens with one attached hydrogen (secondary N) is 3.